The molecular weight excluding hydrogens is 98.1 g/mol. The smallest absolute Gasteiger partial charge is 0.0270 e. The Kier molecular flexibility index (Phi) is 4.33. The molecule has 0 radical (unpaired) electrons. The van der Waals surface area contributed by atoms with Gasteiger partial charge in [-0.2, -0.15) is 0 Å². The number of hydrogen-bond donors (Lipinski definition) is 1. The van der Waals surface area contributed by atoms with Crippen molar-refractivity contribution >= 4 is 0 Å². The Bertz CT molecular complexity index is 97.0. The molecule has 1 nitrogen and oxygen atoms in total. The topological polar surface area (TPSA) is 26.0 Å². The van der Waals surface area contributed by atoms with Gasteiger partial charge in [0.05, 0.1) is 0 Å². The van der Waals surface area contributed by atoms with Crippen molar-refractivity contribution in [1.82, 2.24) is 0 Å². The van der Waals surface area contributed by atoms with Crippen molar-refractivity contribution in [3.63, 3.8) is 0 Å². The van der Waals surface area contributed by atoms with Gasteiger partial charge in [0.1, 0.15) is 0 Å². The first-order valence-corrected chi connectivity index (χ1v) is 2.94. The van der Waals surface area contributed by atoms with Crippen LogP contribution < -0.4 is 5.73 Å². The molecule has 0 aliphatic carbocycles. The summed E-state index contributed by atoms with van der Waals surface area (Å²) in [5.41, 5.74) is 8.35. The van der Waals surface area contributed by atoms with Crippen LogP contribution in [0, 0.1) is 0 Å². The Morgan fingerprint density at radius 1 is 1.75 bits per heavy atom. The third-order valence-electron chi connectivity index (χ3n) is 0.681. The summed E-state index contributed by atoms with van der Waals surface area (Å²) in [5.74, 6) is 0. The van der Waals surface area contributed by atoms with E-state index in [-0.39, 0.29) is 6.04 Å². The van der Waals surface area contributed by atoms with Crippen molar-refractivity contribution in [3.8, 4) is 0 Å². The molecule has 0 aromatic carbocycles. The molecule has 0 aromatic rings. The highest BCUT2D eigenvalue weighted by molar-refractivity contribution is 4.89. The maximum absolute atomic E-state index is 5.40. The van der Waals surface area contributed by atoms with Crippen molar-refractivity contribution in [1.29, 1.82) is 0 Å². The van der Waals surface area contributed by atoms with Gasteiger partial charge in [-0.25, -0.2) is 0 Å². The molecule has 1 unspecified atom stereocenters. The van der Waals surface area contributed by atoms with E-state index in [2.05, 4.69) is 12.7 Å². The lowest BCUT2D eigenvalue weighted by molar-refractivity contribution is 0.927. The SMILES string of the molecule is CCC=C=CC(C)N. The summed E-state index contributed by atoms with van der Waals surface area (Å²) in [6.45, 7) is 4.00. The van der Waals surface area contributed by atoms with Gasteiger partial charge in [0, 0.05) is 6.04 Å². The van der Waals surface area contributed by atoms with Crippen molar-refractivity contribution in [2.75, 3.05) is 0 Å². The fourth-order valence-electron chi connectivity index (χ4n) is 0.338. The zero-order valence-electron chi connectivity index (χ0n) is 5.52. The lowest BCUT2D eigenvalue weighted by Gasteiger charge is -1.86. The van der Waals surface area contributed by atoms with E-state index in [1.54, 1.807) is 0 Å². The fraction of sp³-hybridized carbons (Fsp3) is 0.571. The molecule has 0 aromatic heterocycles. The molecule has 1 atom stereocenters. The van der Waals surface area contributed by atoms with Crippen LogP contribution >= 0.6 is 0 Å². The van der Waals surface area contributed by atoms with Gasteiger partial charge in [-0.1, -0.05) is 6.92 Å². The largest absolute Gasteiger partial charge is 0.324 e. The predicted octanol–water partition coefficient (Wildman–Crippen LogP) is 1.45. The summed E-state index contributed by atoms with van der Waals surface area (Å²) >= 11 is 0. The molecule has 0 amide bonds. The molecule has 0 saturated carbocycles. The molecule has 46 valence electrons. The summed E-state index contributed by atoms with van der Waals surface area (Å²) in [5, 5.41) is 0. The number of rotatable bonds is 2. The van der Waals surface area contributed by atoms with Crippen LogP contribution in [0.25, 0.3) is 0 Å². The minimum Gasteiger partial charge on any atom is -0.324 e. The van der Waals surface area contributed by atoms with Gasteiger partial charge in [-0.15, -0.1) is 5.73 Å². The van der Waals surface area contributed by atoms with E-state index in [4.69, 9.17) is 5.73 Å². The monoisotopic (exact) mass is 111 g/mol. The Morgan fingerprint density at radius 2 is 2.38 bits per heavy atom. The van der Waals surface area contributed by atoms with Crippen LogP contribution in [0.15, 0.2) is 17.9 Å². The third-order valence-corrected chi connectivity index (χ3v) is 0.681. The normalized spacial score (nSPS) is 11.9. The molecule has 0 saturated heterocycles. The molecule has 8 heavy (non-hydrogen) atoms. The number of nitrogens with two attached hydrogens (primary N) is 1. The zero-order chi connectivity index (χ0) is 6.41. The van der Waals surface area contributed by atoms with Crippen LogP contribution in [0.4, 0.5) is 0 Å². The van der Waals surface area contributed by atoms with E-state index < -0.39 is 0 Å². The first kappa shape index (κ1) is 7.48. The molecule has 0 bridgehead atoms. The summed E-state index contributed by atoms with van der Waals surface area (Å²) in [4.78, 5) is 0. The highest BCUT2D eigenvalue weighted by Crippen LogP contribution is 1.77. The summed E-state index contributed by atoms with van der Waals surface area (Å²) < 4.78 is 0. The highest BCUT2D eigenvalue weighted by atomic mass is 14.6. The van der Waals surface area contributed by atoms with Crippen molar-refractivity contribution in [3.05, 3.63) is 17.9 Å². The van der Waals surface area contributed by atoms with E-state index in [9.17, 15) is 0 Å². The van der Waals surface area contributed by atoms with E-state index in [1.807, 2.05) is 19.1 Å². The van der Waals surface area contributed by atoms with E-state index in [0.29, 0.717) is 0 Å². The molecule has 0 spiro atoms. The van der Waals surface area contributed by atoms with Crippen molar-refractivity contribution < 1.29 is 0 Å². The molecule has 0 heterocycles. The molecule has 2 N–H and O–H groups in total. The van der Waals surface area contributed by atoms with Gasteiger partial charge < -0.3 is 5.73 Å². The van der Waals surface area contributed by atoms with Crippen LogP contribution in [0.1, 0.15) is 20.3 Å². The molecule has 0 fully saturated rings. The Labute approximate surface area is 50.9 Å². The fourth-order valence-corrected chi connectivity index (χ4v) is 0.338. The second-order valence-electron chi connectivity index (χ2n) is 1.80. The summed E-state index contributed by atoms with van der Waals surface area (Å²) in [7, 11) is 0. The minimum atomic E-state index is 0.137. The lowest BCUT2D eigenvalue weighted by atomic mass is 10.3. The minimum absolute atomic E-state index is 0.137. The Hall–Kier alpha value is -0.520. The van der Waals surface area contributed by atoms with Crippen LogP contribution in [-0.4, -0.2) is 6.04 Å². The van der Waals surface area contributed by atoms with Crippen LogP contribution in [0.2, 0.25) is 0 Å². The molecule has 0 rings (SSSR count). The summed E-state index contributed by atoms with van der Waals surface area (Å²) in [6, 6.07) is 0.137. The third kappa shape index (κ3) is 5.48. The average Bonchev–Trinajstić information content (AvgIpc) is 1.66. The van der Waals surface area contributed by atoms with E-state index in [1.165, 1.54) is 0 Å². The van der Waals surface area contributed by atoms with Gasteiger partial charge >= 0.3 is 0 Å². The second-order valence-corrected chi connectivity index (χ2v) is 1.80. The van der Waals surface area contributed by atoms with Crippen LogP contribution in [-0.2, 0) is 0 Å². The zero-order valence-corrected chi connectivity index (χ0v) is 5.52. The Balaban J connectivity index is 3.47. The quantitative estimate of drug-likeness (QED) is 0.536. The second kappa shape index (κ2) is 4.63. The number of hydrogen-bond acceptors (Lipinski definition) is 1. The van der Waals surface area contributed by atoms with E-state index in [0.717, 1.165) is 6.42 Å². The van der Waals surface area contributed by atoms with Crippen molar-refractivity contribution in [2.24, 2.45) is 5.73 Å². The first-order chi connectivity index (χ1) is 3.77. The van der Waals surface area contributed by atoms with Crippen LogP contribution in [0.5, 0.6) is 0 Å². The van der Waals surface area contributed by atoms with Crippen molar-refractivity contribution in [2.45, 2.75) is 26.3 Å². The molecule has 0 aliphatic heterocycles. The lowest BCUT2D eigenvalue weighted by Crippen LogP contribution is -2.09. The molecule has 1 heteroatoms. The van der Waals surface area contributed by atoms with Gasteiger partial charge in [0.25, 0.3) is 0 Å². The molecular formula is C7H13N. The summed E-state index contributed by atoms with van der Waals surface area (Å²) in [6.07, 6.45) is 4.84. The van der Waals surface area contributed by atoms with Gasteiger partial charge in [0.2, 0.25) is 0 Å². The van der Waals surface area contributed by atoms with E-state index >= 15 is 0 Å². The van der Waals surface area contributed by atoms with Gasteiger partial charge in [0.15, 0.2) is 0 Å². The van der Waals surface area contributed by atoms with Gasteiger partial charge in [-0.05, 0) is 25.5 Å². The molecule has 0 aliphatic rings. The van der Waals surface area contributed by atoms with Gasteiger partial charge in [-0.3, -0.25) is 0 Å². The maximum Gasteiger partial charge on any atom is 0.0270 e. The standard InChI is InChI=1S/C7H13N/c1-3-4-5-6-7(2)8/h4,6-7H,3,8H2,1-2H3. The highest BCUT2D eigenvalue weighted by Gasteiger charge is 1.76. The average molecular weight is 111 g/mol. The maximum atomic E-state index is 5.40. The predicted molar refractivity (Wildman–Crippen MR) is 36.6 cm³/mol. The van der Waals surface area contributed by atoms with Crippen LogP contribution in [0.3, 0.4) is 0 Å². The Morgan fingerprint density at radius 3 is 2.75 bits per heavy atom. The first-order valence-electron chi connectivity index (χ1n) is 2.94.